The Hall–Kier alpha value is -2.22. The number of aromatic hydroxyl groups is 1. The molecule has 1 N–H and O–H groups in total. The first-order valence-corrected chi connectivity index (χ1v) is 7.14. The van der Waals surface area contributed by atoms with Gasteiger partial charge < -0.3 is 9.67 Å². The van der Waals surface area contributed by atoms with Gasteiger partial charge in [-0.05, 0) is 48.6 Å². The molecule has 1 heterocycles. The highest BCUT2D eigenvalue weighted by molar-refractivity contribution is 5.93. The first kappa shape index (κ1) is 11.6. The summed E-state index contributed by atoms with van der Waals surface area (Å²) in [5, 5.41) is 11.0. The monoisotopic (exact) mass is 263 g/mol. The standard InChI is InChI=1S/C18H17NO/c1-19-17-10-9-13(20)11-16(17)15-8-4-6-12-5-2-3-7-14(12)18(15)19/h2-3,5,7,9-11,20H,4,6,8H2,1H3. The lowest BCUT2D eigenvalue weighted by atomic mass is 10.0. The molecule has 1 aliphatic rings. The van der Waals surface area contributed by atoms with E-state index in [9.17, 15) is 5.11 Å². The van der Waals surface area contributed by atoms with Crippen molar-refractivity contribution >= 4 is 10.9 Å². The number of hydrogen-bond acceptors (Lipinski definition) is 1. The Labute approximate surface area is 118 Å². The van der Waals surface area contributed by atoms with E-state index in [2.05, 4.69) is 35.9 Å². The van der Waals surface area contributed by atoms with E-state index in [0.29, 0.717) is 5.75 Å². The van der Waals surface area contributed by atoms with Crippen LogP contribution in [-0.2, 0) is 19.9 Å². The minimum absolute atomic E-state index is 0.350. The zero-order valence-electron chi connectivity index (χ0n) is 11.6. The van der Waals surface area contributed by atoms with Crippen LogP contribution >= 0.6 is 0 Å². The van der Waals surface area contributed by atoms with Gasteiger partial charge in [0.1, 0.15) is 5.75 Å². The summed E-state index contributed by atoms with van der Waals surface area (Å²) in [6, 6.07) is 14.4. The van der Waals surface area contributed by atoms with Crippen molar-refractivity contribution in [3.63, 3.8) is 0 Å². The number of aryl methyl sites for hydroxylation is 3. The number of phenolic OH excluding ortho intramolecular Hbond substituents is 1. The fourth-order valence-electron chi connectivity index (χ4n) is 3.53. The molecule has 4 rings (SSSR count). The molecule has 20 heavy (non-hydrogen) atoms. The van der Waals surface area contributed by atoms with Crippen molar-refractivity contribution in [2.24, 2.45) is 7.05 Å². The van der Waals surface area contributed by atoms with Gasteiger partial charge in [-0.3, -0.25) is 0 Å². The van der Waals surface area contributed by atoms with Crippen LogP contribution in [0.1, 0.15) is 17.5 Å². The molecule has 0 aliphatic heterocycles. The molecule has 0 radical (unpaired) electrons. The van der Waals surface area contributed by atoms with Crippen LogP contribution in [-0.4, -0.2) is 9.67 Å². The summed E-state index contributed by atoms with van der Waals surface area (Å²) in [7, 11) is 2.13. The van der Waals surface area contributed by atoms with Gasteiger partial charge in [0.05, 0.1) is 5.69 Å². The van der Waals surface area contributed by atoms with E-state index >= 15 is 0 Å². The van der Waals surface area contributed by atoms with Crippen LogP contribution in [0.25, 0.3) is 22.2 Å². The minimum atomic E-state index is 0.350. The molecule has 0 bridgehead atoms. The van der Waals surface area contributed by atoms with Gasteiger partial charge in [0.2, 0.25) is 0 Å². The van der Waals surface area contributed by atoms with Crippen molar-refractivity contribution in [1.29, 1.82) is 0 Å². The summed E-state index contributed by atoms with van der Waals surface area (Å²) in [6.07, 6.45) is 3.37. The van der Waals surface area contributed by atoms with Crippen molar-refractivity contribution in [3.05, 3.63) is 53.6 Å². The maximum absolute atomic E-state index is 9.80. The average Bonchev–Trinajstić information content (AvgIpc) is 2.62. The third kappa shape index (κ3) is 1.51. The summed E-state index contributed by atoms with van der Waals surface area (Å²) >= 11 is 0. The molecule has 0 unspecified atom stereocenters. The van der Waals surface area contributed by atoms with Crippen molar-refractivity contribution in [1.82, 2.24) is 4.57 Å². The van der Waals surface area contributed by atoms with Gasteiger partial charge in [0.15, 0.2) is 0 Å². The third-order valence-corrected chi connectivity index (χ3v) is 4.43. The summed E-state index contributed by atoms with van der Waals surface area (Å²) in [5.74, 6) is 0.350. The van der Waals surface area contributed by atoms with Gasteiger partial charge in [0.25, 0.3) is 0 Å². The largest absolute Gasteiger partial charge is 0.508 e. The second-order valence-corrected chi connectivity index (χ2v) is 5.60. The van der Waals surface area contributed by atoms with Crippen molar-refractivity contribution < 1.29 is 5.11 Å². The molecule has 1 aromatic heterocycles. The molecule has 2 aromatic carbocycles. The summed E-state index contributed by atoms with van der Waals surface area (Å²) in [5.41, 5.74) is 6.67. The number of rotatable bonds is 0. The second kappa shape index (κ2) is 4.14. The molecule has 0 saturated carbocycles. The molecule has 0 fully saturated rings. The normalized spacial score (nSPS) is 13.8. The van der Waals surface area contributed by atoms with Gasteiger partial charge in [-0.2, -0.15) is 0 Å². The lowest BCUT2D eigenvalue weighted by Crippen LogP contribution is -1.94. The number of fused-ring (bicyclic) bond motifs is 5. The third-order valence-electron chi connectivity index (χ3n) is 4.43. The van der Waals surface area contributed by atoms with E-state index in [1.54, 1.807) is 6.07 Å². The van der Waals surface area contributed by atoms with Crippen molar-refractivity contribution in [2.75, 3.05) is 0 Å². The zero-order chi connectivity index (χ0) is 13.7. The van der Waals surface area contributed by atoms with E-state index in [-0.39, 0.29) is 0 Å². The van der Waals surface area contributed by atoms with E-state index in [4.69, 9.17) is 0 Å². The van der Waals surface area contributed by atoms with Gasteiger partial charge in [0, 0.05) is 23.5 Å². The molecule has 2 nitrogen and oxygen atoms in total. The quantitative estimate of drug-likeness (QED) is 0.650. The molecule has 1 aliphatic carbocycles. The zero-order valence-corrected chi connectivity index (χ0v) is 11.6. The lowest BCUT2D eigenvalue weighted by molar-refractivity contribution is 0.476. The smallest absolute Gasteiger partial charge is 0.116 e. The van der Waals surface area contributed by atoms with Crippen molar-refractivity contribution in [2.45, 2.75) is 19.3 Å². The molecule has 3 aromatic rings. The molecular formula is C18H17NO. The topological polar surface area (TPSA) is 25.2 Å². The van der Waals surface area contributed by atoms with Crippen LogP contribution in [0.5, 0.6) is 5.75 Å². The summed E-state index contributed by atoms with van der Waals surface area (Å²) < 4.78 is 2.27. The SMILES string of the molecule is Cn1c2c(c3cc(O)ccc31)CCCc1ccccc1-2. The Morgan fingerprint density at radius 1 is 1.05 bits per heavy atom. The van der Waals surface area contributed by atoms with E-state index < -0.39 is 0 Å². The molecular weight excluding hydrogens is 246 g/mol. The predicted molar refractivity (Wildman–Crippen MR) is 82.0 cm³/mol. The van der Waals surface area contributed by atoms with Crippen LogP contribution in [0.15, 0.2) is 42.5 Å². The van der Waals surface area contributed by atoms with Crippen LogP contribution < -0.4 is 0 Å². The van der Waals surface area contributed by atoms with Crippen molar-refractivity contribution in [3.8, 4) is 17.0 Å². The van der Waals surface area contributed by atoms with Gasteiger partial charge >= 0.3 is 0 Å². The fourth-order valence-corrected chi connectivity index (χ4v) is 3.53. The molecule has 0 atom stereocenters. The summed E-state index contributed by atoms with van der Waals surface area (Å²) in [4.78, 5) is 0. The Morgan fingerprint density at radius 2 is 1.90 bits per heavy atom. The Morgan fingerprint density at radius 3 is 2.80 bits per heavy atom. The Kier molecular flexibility index (Phi) is 2.40. The maximum atomic E-state index is 9.80. The Bertz CT molecular complexity index is 814. The van der Waals surface area contributed by atoms with Gasteiger partial charge in [-0.25, -0.2) is 0 Å². The van der Waals surface area contributed by atoms with Crippen LogP contribution in [0.2, 0.25) is 0 Å². The molecule has 0 spiro atoms. The first-order valence-electron chi connectivity index (χ1n) is 7.14. The minimum Gasteiger partial charge on any atom is -0.508 e. The van der Waals surface area contributed by atoms with Gasteiger partial charge in [-0.1, -0.05) is 24.3 Å². The number of aromatic nitrogens is 1. The molecule has 2 heteroatoms. The average molecular weight is 263 g/mol. The second-order valence-electron chi connectivity index (χ2n) is 5.60. The number of phenols is 1. The van der Waals surface area contributed by atoms with Crippen LogP contribution in [0, 0.1) is 0 Å². The van der Waals surface area contributed by atoms with Crippen LogP contribution in [0.3, 0.4) is 0 Å². The first-order chi connectivity index (χ1) is 9.75. The highest BCUT2D eigenvalue weighted by Crippen LogP contribution is 2.39. The highest BCUT2D eigenvalue weighted by Gasteiger charge is 2.21. The molecule has 0 amide bonds. The van der Waals surface area contributed by atoms with Gasteiger partial charge in [-0.15, -0.1) is 0 Å². The van der Waals surface area contributed by atoms with E-state index in [1.165, 1.54) is 39.7 Å². The molecule has 100 valence electrons. The fraction of sp³-hybridized carbons (Fsp3) is 0.222. The lowest BCUT2D eigenvalue weighted by Gasteiger charge is -2.09. The molecule has 0 saturated heterocycles. The Balaban J connectivity index is 2.14. The number of nitrogens with zero attached hydrogens (tertiary/aromatic N) is 1. The maximum Gasteiger partial charge on any atom is 0.116 e. The van der Waals surface area contributed by atoms with E-state index in [1.807, 2.05) is 12.1 Å². The number of benzene rings is 2. The van der Waals surface area contributed by atoms with E-state index in [0.717, 1.165) is 12.8 Å². The highest BCUT2D eigenvalue weighted by atomic mass is 16.3. The van der Waals surface area contributed by atoms with Crippen LogP contribution in [0.4, 0.5) is 0 Å². The summed E-state index contributed by atoms with van der Waals surface area (Å²) in [6.45, 7) is 0. The predicted octanol–water partition coefficient (Wildman–Crippen LogP) is 4.04. The number of hydrogen-bond donors (Lipinski definition) is 1.